The molecule has 0 spiro atoms. The molecule has 4 nitrogen and oxygen atoms in total. The van der Waals surface area contributed by atoms with Crippen molar-refractivity contribution in [2.45, 2.75) is 26.8 Å². The SMILES string of the molecule is CC[C@@H](C)C(=O)Nc1ccnn1Cc1ccccc1. The molecule has 2 aromatic rings. The summed E-state index contributed by atoms with van der Waals surface area (Å²) in [7, 11) is 0. The number of hydrogen-bond donors (Lipinski definition) is 1. The molecule has 1 amide bonds. The Kier molecular flexibility index (Phi) is 4.34. The lowest BCUT2D eigenvalue weighted by molar-refractivity contribution is -0.119. The summed E-state index contributed by atoms with van der Waals surface area (Å²) in [6.07, 6.45) is 2.54. The molecule has 1 atom stereocenters. The summed E-state index contributed by atoms with van der Waals surface area (Å²) in [5.41, 5.74) is 1.16. The van der Waals surface area contributed by atoms with Gasteiger partial charge < -0.3 is 5.32 Å². The van der Waals surface area contributed by atoms with Gasteiger partial charge in [0.1, 0.15) is 5.82 Å². The molecule has 19 heavy (non-hydrogen) atoms. The monoisotopic (exact) mass is 257 g/mol. The van der Waals surface area contributed by atoms with Crippen molar-refractivity contribution in [3.8, 4) is 0 Å². The molecule has 1 aromatic carbocycles. The molecule has 0 unspecified atom stereocenters. The number of aromatic nitrogens is 2. The standard InChI is InChI=1S/C15H19N3O/c1-3-12(2)15(19)17-14-9-10-16-18(14)11-13-7-5-4-6-8-13/h4-10,12H,3,11H2,1-2H3,(H,17,19)/t12-/m1/s1. The Morgan fingerprint density at radius 2 is 2.05 bits per heavy atom. The zero-order valence-electron chi connectivity index (χ0n) is 11.3. The fourth-order valence-corrected chi connectivity index (χ4v) is 1.76. The number of nitrogens with zero attached hydrogens (tertiary/aromatic N) is 2. The van der Waals surface area contributed by atoms with E-state index in [9.17, 15) is 4.79 Å². The van der Waals surface area contributed by atoms with Gasteiger partial charge in [-0.3, -0.25) is 4.79 Å². The molecule has 100 valence electrons. The predicted octanol–water partition coefficient (Wildman–Crippen LogP) is 2.92. The maximum absolute atomic E-state index is 11.9. The van der Waals surface area contributed by atoms with Gasteiger partial charge in [0.25, 0.3) is 0 Å². The van der Waals surface area contributed by atoms with E-state index in [1.54, 1.807) is 10.9 Å². The van der Waals surface area contributed by atoms with E-state index < -0.39 is 0 Å². The summed E-state index contributed by atoms with van der Waals surface area (Å²) in [6.45, 7) is 4.59. The number of carbonyl (C=O) groups is 1. The molecule has 0 bridgehead atoms. The smallest absolute Gasteiger partial charge is 0.228 e. The van der Waals surface area contributed by atoms with Gasteiger partial charge in [-0.25, -0.2) is 4.68 Å². The van der Waals surface area contributed by atoms with Crippen LogP contribution in [0.5, 0.6) is 0 Å². The minimum Gasteiger partial charge on any atom is -0.311 e. The Morgan fingerprint density at radius 1 is 1.32 bits per heavy atom. The number of hydrogen-bond acceptors (Lipinski definition) is 2. The maximum Gasteiger partial charge on any atom is 0.228 e. The second kappa shape index (κ2) is 6.18. The highest BCUT2D eigenvalue weighted by molar-refractivity contribution is 5.91. The topological polar surface area (TPSA) is 46.9 Å². The highest BCUT2D eigenvalue weighted by Gasteiger charge is 2.12. The van der Waals surface area contributed by atoms with E-state index >= 15 is 0 Å². The van der Waals surface area contributed by atoms with Crippen LogP contribution in [0.25, 0.3) is 0 Å². The van der Waals surface area contributed by atoms with E-state index in [1.165, 1.54) is 0 Å². The molecule has 1 aromatic heterocycles. The van der Waals surface area contributed by atoms with Crippen LogP contribution in [0.4, 0.5) is 5.82 Å². The van der Waals surface area contributed by atoms with Crippen LogP contribution in [-0.4, -0.2) is 15.7 Å². The van der Waals surface area contributed by atoms with E-state index in [0.717, 1.165) is 17.8 Å². The molecule has 0 aliphatic carbocycles. The van der Waals surface area contributed by atoms with Gasteiger partial charge >= 0.3 is 0 Å². The van der Waals surface area contributed by atoms with E-state index in [1.807, 2.05) is 50.2 Å². The summed E-state index contributed by atoms with van der Waals surface area (Å²) in [6, 6.07) is 11.9. The molecule has 2 rings (SSSR count). The summed E-state index contributed by atoms with van der Waals surface area (Å²) in [5.74, 6) is 0.798. The molecule has 4 heteroatoms. The van der Waals surface area contributed by atoms with Crippen molar-refractivity contribution >= 4 is 11.7 Å². The van der Waals surface area contributed by atoms with Crippen molar-refractivity contribution in [2.75, 3.05) is 5.32 Å². The fraction of sp³-hybridized carbons (Fsp3) is 0.333. The Bertz CT molecular complexity index is 533. The first-order valence-corrected chi connectivity index (χ1v) is 6.57. The van der Waals surface area contributed by atoms with Gasteiger partial charge in [0, 0.05) is 12.0 Å². The van der Waals surface area contributed by atoms with Crippen LogP contribution in [0.1, 0.15) is 25.8 Å². The Labute approximate surface area is 113 Å². The second-order valence-electron chi connectivity index (χ2n) is 4.66. The number of carbonyl (C=O) groups excluding carboxylic acids is 1. The van der Waals surface area contributed by atoms with Gasteiger partial charge in [0.05, 0.1) is 12.7 Å². The zero-order valence-corrected chi connectivity index (χ0v) is 11.3. The fourth-order valence-electron chi connectivity index (χ4n) is 1.76. The summed E-state index contributed by atoms with van der Waals surface area (Å²) < 4.78 is 1.80. The summed E-state index contributed by atoms with van der Waals surface area (Å²) in [4.78, 5) is 11.9. The highest BCUT2D eigenvalue weighted by atomic mass is 16.1. The quantitative estimate of drug-likeness (QED) is 0.895. The molecular weight excluding hydrogens is 238 g/mol. The van der Waals surface area contributed by atoms with E-state index in [2.05, 4.69) is 10.4 Å². The number of nitrogens with one attached hydrogen (secondary N) is 1. The van der Waals surface area contributed by atoms with Gasteiger partial charge in [-0.2, -0.15) is 5.10 Å². The maximum atomic E-state index is 11.9. The lowest BCUT2D eigenvalue weighted by Gasteiger charge is -2.12. The summed E-state index contributed by atoms with van der Waals surface area (Å²) in [5, 5.41) is 7.17. The first kappa shape index (κ1) is 13.3. The van der Waals surface area contributed by atoms with Crippen LogP contribution in [0.2, 0.25) is 0 Å². The van der Waals surface area contributed by atoms with Crippen LogP contribution in [0.15, 0.2) is 42.6 Å². The van der Waals surface area contributed by atoms with Crippen LogP contribution in [0, 0.1) is 5.92 Å². The predicted molar refractivity (Wildman–Crippen MR) is 75.9 cm³/mol. The molecule has 0 aliphatic heterocycles. The molecule has 0 fully saturated rings. The van der Waals surface area contributed by atoms with E-state index in [4.69, 9.17) is 0 Å². The van der Waals surface area contributed by atoms with Crippen LogP contribution in [-0.2, 0) is 11.3 Å². The third-order valence-electron chi connectivity index (χ3n) is 3.20. The lowest BCUT2D eigenvalue weighted by atomic mass is 10.1. The third-order valence-corrected chi connectivity index (χ3v) is 3.20. The average molecular weight is 257 g/mol. The molecule has 0 aliphatic rings. The van der Waals surface area contributed by atoms with Crippen molar-refractivity contribution in [3.05, 3.63) is 48.2 Å². The number of benzene rings is 1. The van der Waals surface area contributed by atoms with E-state index in [-0.39, 0.29) is 11.8 Å². The minimum absolute atomic E-state index is 0.0140. The third kappa shape index (κ3) is 3.44. The average Bonchev–Trinajstić information content (AvgIpc) is 2.86. The number of rotatable bonds is 5. The Hall–Kier alpha value is -2.10. The van der Waals surface area contributed by atoms with Gasteiger partial charge in [-0.15, -0.1) is 0 Å². The Morgan fingerprint density at radius 3 is 2.74 bits per heavy atom. The van der Waals surface area contributed by atoms with Crippen LogP contribution in [0.3, 0.4) is 0 Å². The van der Waals surface area contributed by atoms with Gasteiger partial charge in [-0.05, 0) is 12.0 Å². The second-order valence-corrected chi connectivity index (χ2v) is 4.66. The van der Waals surface area contributed by atoms with Gasteiger partial charge in [-0.1, -0.05) is 44.2 Å². The molecule has 0 saturated heterocycles. The zero-order chi connectivity index (χ0) is 13.7. The number of anilines is 1. The summed E-state index contributed by atoms with van der Waals surface area (Å²) >= 11 is 0. The molecular formula is C15H19N3O. The molecule has 0 radical (unpaired) electrons. The molecule has 0 saturated carbocycles. The highest BCUT2D eigenvalue weighted by Crippen LogP contribution is 2.12. The van der Waals surface area contributed by atoms with E-state index in [0.29, 0.717) is 6.54 Å². The van der Waals surface area contributed by atoms with Gasteiger partial charge in [0.2, 0.25) is 5.91 Å². The van der Waals surface area contributed by atoms with Crippen molar-refractivity contribution in [1.82, 2.24) is 9.78 Å². The van der Waals surface area contributed by atoms with Crippen molar-refractivity contribution in [1.29, 1.82) is 0 Å². The van der Waals surface area contributed by atoms with Crippen molar-refractivity contribution in [3.63, 3.8) is 0 Å². The normalized spacial score (nSPS) is 12.1. The van der Waals surface area contributed by atoms with Crippen LogP contribution < -0.4 is 5.32 Å². The first-order valence-electron chi connectivity index (χ1n) is 6.57. The van der Waals surface area contributed by atoms with Crippen molar-refractivity contribution < 1.29 is 4.79 Å². The van der Waals surface area contributed by atoms with Crippen LogP contribution >= 0.6 is 0 Å². The minimum atomic E-state index is 0.0140. The first-order chi connectivity index (χ1) is 9.20. The largest absolute Gasteiger partial charge is 0.311 e. The lowest BCUT2D eigenvalue weighted by Crippen LogP contribution is -2.22. The Balaban J connectivity index is 2.08. The number of amides is 1. The molecule has 1 heterocycles. The van der Waals surface area contributed by atoms with Gasteiger partial charge in [0.15, 0.2) is 0 Å². The molecule has 1 N–H and O–H groups in total. The van der Waals surface area contributed by atoms with Crippen molar-refractivity contribution in [2.24, 2.45) is 5.92 Å².